The Morgan fingerprint density at radius 1 is 0.938 bits per heavy atom. The van der Waals surface area contributed by atoms with Gasteiger partial charge in [0.1, 0.15) is 36.0 Å². The maximum atomic E-state index is 16.7. The zero-order valence-electron chi connectivity index (χ0n) is 25.0. The van der Waals surface area contributed by atoms with Gasteiger partial charge in [0.15, 0.2) is 14.6 Å². The van der Waals surface area contributed by atoms with E-state index in [4.69, 9.17) is 19.0 Å². The van der Waals surface area contributed by atoms with Crippen LogP contribution in [0.4, 0.5) is 17.6 Å². The molecule has 0 spiro atoms. The van der Waals surface area contributed by atoms with Gasteiger partial charge in [-0.3, -0.25) is 4.98 Å². The van der Waals surface area contributed by atoms with Crippen molar-refractivity contribution in [1.82, 2.24) is 25.2 Å². The van der Waals surface area contributed by atoms with Gasteiger partial charge in [-0.1, -0.05) is 30.0 Å². The molecule has 242 valence electrons. The van der Waals surface area contributed by atoms with E-state index < -0.39 is 50.0 Å². The number of hydrogen-bond acceptors (Lipinski definition) is 8. The molecule has 3 aromatic carbocycles. The molecule has 0 saturated carbocycles. The molecule has 0 amide bonds. The largest absolute Gasteiger partial charge is 0.489 e. The second-order valence-corrected chi connectivity index (χ2v) is 10.8. The number of alkyl halides is 2. The van der Waals surface area contributed by atoms with Gasteiger partial charge in [-0.05, 0) is 76.7 Å². The third-order valence-corrected chi connectivity index (χ3v) is 7.62. The number of rotatable bonds is 13. The van der Waals surface area contributed by atoms with Gasteiger partial charge < -0.3 is 13.8 Å². The number of pyridine rings is 1. The van der Waals surface area contributed by atoms with Crippen molar-refractivity contribution in [2.75, 3.05) is 6.61 Å². The standard InChI is InChI=1S/C34H25F4N6O3P/c1-2-17-46-48-47-33(22-44-23-41-42-43-44,30-15-12-28(35)18-31(30)36)34(37,38)32-16-11-26(20-40-32)6-3-24-9-13-29(14-10-24)45-21-27-7-4-25(19-39)5-8-27/h2,4-5,7-16,18,20,23,48H,1,17,21-22H2. The summed E-state index contributed by atoms with van der Waals surface area (Å²) in [6, 6.07) is 20.7. The number of hydrogen-bond donors (Lipinski definition) is 0. The van der Waals surface area contributed by atoms with Crippen molar-refractivity contribution in [2.24, 2.45) is 0 Å². The predicted octanol–water partition coefficient (Wildman–Crippen LogP) is 6.61. The molecule has 14 heteroatoms. The summed E-state index contributed by atoms with van der Waals surface area (Å²) in [5.41, 5.74) is -1.83. The normalized spacial score (nSPS) is 12.6. The van der Waals surface area contributed by atoms with Crippen molar-refractivity contribution in [3.8, 4) is 23.7 Å². The average Bonchev–Trinajstić information content (AvgIpc) is 3.62. The molecule has 5 aromatic rings. The number of ether oxygens (including phenoxy) is 1. The Morgan fingerprint density at radius 3 is 2.31 bits per heavy atom. The highest BCUT2D eigenvalue weighted by Gasteiger charge is 2.60. The van der Waals surface area contributed by atoms with Crippen molar-refractivity contribution in [1.29, 1.82) is 5.26 Å². The summed E-state index contributed by atoms with van der Waals surface area (Å²) in [7, 11) is -1.00. The Morgan fingerprint density at radius 2 is 1.67 bits per heavy atom. The third-order valence-electron chi connectivity index (χ3n) is 6.90. The van der Waals surface area contributed by atoms with Gasteiger partial charge in [0.2, 0.25) is 0 Å². The van der Waals surface area contributed by atoms with E-state index in [1.54, 1.807) is 36.4 Å². The van der Waals surface area contributed by atoms with Gasteiger partial charge in [0.05, 0.1) is 24.8 Å². The number of nitriles is 1. The Bertz CT molecular complexity index is 1940. The molecular formula is C34H25F4N6O3P. The number of tetrazole rings is 1. The molecule has 48 heavy (non-hydrogen) atoms. The van der Waals surface area contributed by atoms with Gasteiger partial charge >= 0.3 is 5.92 Å². The molecule has 9 nitrogen and oxygen atoms in total. The number of benzene rings is 3. The van der Waals surface area contributed by atoms with Crippen LogP contribution in [-0.4, -0.2) is 31.8 Å². The maximum Gasteiger partial charge on any atom is 0.324 e. The van der Waals surface area contributed by atoms with Crippen LogP contribution >= 0.6 is 9.03 Å². The molecule has 2 unspecified atom stereocenters. The lowest BCUT2D eigenvalue weighted by molar-refractivity contribution is -0.190. The average molecular weight is 673 g/mol. The first kappa shape index (κ1) is 33.9. The topological polar surface area (TPSA) is 108 Å². The van der Waals surface area contributed by atoms with E-state index >= 15 is 13.2 Å². The zero-order chi connectivity index (χ0) is 34.0. The SMILES string of the molecule is C=CCOPOC(Cn1cnnn1)(c1ccc(F)cc1F)C(F)(F)c1ccc(C#Cc2ccc(OCc3ccc(C#N)cc3)cc2)cn1. The fourth-order valence-electron chi connectivity index (χ4n) is 4.48. The monoisotopic (exact) mass is 672 g/mol. The second kappa shape index (κ2) is 15.4. The van der Waals surface area contributed by atoms with Gasteiger partial charge in [-0.15, -0.1) is 11.7 Å². The van der Waals surface area contributed by atoms with Crippen LogP contribution in [0.2, 0.25) is 0 Å². The summed E-state index contributed by atoms with van der Waals surface area (Å²) in [5, 5.41) is 19.5. The summed E-state index contributed by atoms with van der Waals surface area (Å²) in [4.78, 5) is 3.97. The Kier molecular flexibility index (Phi) is 10.9. The molecule has 2 aromatic heterocycles. The molecule has 0 aliphatic carbocycles. The second-order valence-electron chi connectivity index (χ2n) is 10.1. The van der Waals surface area contributed by atoms with Crippen LogP contribution in [0.25, 0.3) is 0 Å². The lowest BCUT2D eigenvalue weighted by Gasteiger charge is -2.39. The van der Waals surface area contributed by atoms with Crippen molar-refractivity contribution in [3.05, 3.63) is 149 Å². The van der Waals surface area contributed by atoms with Crippen LogP contribution in [0.3, 0.4) is 0 Å². The van der Waals surface area contributed by atoms with E-state index in [1.807, 2.05) is 12.1 Å². The van der Waals surface area contributed by atoms with Crippen molar-refractivity contribution < 1.29 is 31.3 Å². The Hall–Kier alpha value is -5.46. The van der Waals surface area contributed by atoms with Gasteiger partial charge in [0.25, 0.3) is 0 Å². The molecule has 2 atom stereocenters. The Balaban J connectivity index is 1.38. The third kappa shape index (κ3) is 7.91. The fraction of sp³-hybridized carbons (Fsp3) is 0.147. The summed E-state index contributed by atoms with van der Waals surface area (Å²) < 4.78 is 80.2. The number of halogens is 4. The minimum absolute atomic E-state index is 0.0309. The molecule has 2 heterocycles. The smallest absolute Gasteiger partial charge is 0.324 e. The molecule has 0 N–H and O–H groups in total. The molecule has 0 radical (unpaired) electrons. The lowest BCUT2D eigenvalue weighted by atomic mass is 9.84. The van der Waals surface area contributed by atoms with E-state index in [0.717, 1.165) is 41.0 Å². The van der Waals surface area contributed by atoms with Crippen molar-refractivity contribution in [3.63, 3.8) is 0 Å². The highest BCUT2D eigenvalue weighted by Crippen LogP contribution is 2.52. The summed E-state index contributed by atoms with van der Waals surface area (Å²) in [6.07, 6.45) is 3.60. The van der Waals surface area contributed by atoms with Crippen LogP contribution in [0.1, 0.15) is 33.5 Å². The fourth-order valence-corrected chi connectivity index (χ4v) is 5.17. The van der Waals surface area contributed by atoms with Gasteiger partial charge in [0, 0.05) is 29.0 Å². The summed E-state index contributed by atoms with van der Waals surface area (Å²) >= 11 is 0. The molecule has 5 rings (SSSR count). The Labute approximate surface area is 274 Å². The maximum absolute atomic E-state index is 16.7. The number of aromatic nitrogens is 5. The minimum atomic E-state index is -4.04. The van der Waals surface area contributed by atoms with E-state index in [0.29, 0.717) is 35.1 Å². The first-order chi connectivity index (χ1) is 23.2. The molecule has 0 fully saturated rings. The molecule has 0 bridgehead atoms. The number of nitrogens with zero attached hydrogens (tertiary/aromatic N) is 6. The summed E-state index contributed by atoms with van der Waals surface area (Å²) in [5.74, 6) is 0.162. The highest BCUT2D eigenvalue weighted by atomic mass is 31.1. The van der Waals surface area contributed by atoms with Crippen LogP contribution < -0.4 is 4.74 Å². The van der Waals surface area contributed by atoms with E-state index in [-0.39, 0.29) is 6.61 Å². The first-order valence-electron chi connectivity index (χ1n) is 14.1. The van der Waals surface area contributed by atoms with Crippen LogP contribution in [0.15, 0.2) is 104 Å². The van der Waals surface area contributed by atoms with Crippen LogP contribution in [0.5, 0.6) is 5.75 Å². The molecule has 0 aliphatic rings. The van der Waals surface area contributed by atoms with Crippen LogP contribution in [-0.2, 0) is 33.7 Å². The highest BCUT2D eigenvalue weighted by molar-refractivity contribution is 7.26. The zero-order valence-corrected chi connectivity index (χ0v) is 26.0. The van der Waals surface area contributed by atoms with Crippen LogP contribution in [0, 0.1) is 34.8 Å². The van der Waals surface area contributed by atoms with E-state index in [1.165, 1.54) is 12.1 Å². The van der Waals surface area contributed by atoms with E-state index in [9.17, 15) is 4.39 Å². The van der Waals surface area contributed by atoms with E-state index in [2.05, 4.69) is 45.0 Å². The molecular weight excluding hydrogens is 647 g/mol. The lowest BCUT2D eigenvalue weighted by Crippen LogP contribution is -2.49. The quantitative estimate of drug-likeness (QED) is 0.0452. The summed E-state index contributed by atoms with van der Waals surface area (Å²) in [6.45, 7) is 3.02. The predicted molar refractivity (Wildman–Crippen MR) is 167 cm³/mol. The first-order valence-corrected chi connectivity index (χ1v) is 15.0. The van der Waals surface area contributed by atoms with Gasteiger partial charge in [-0.2, -0.15) is 14.0 Å². The molecule has 0 aliphatic heterocycles. The van der Waals surface area contributed by atoms with Crippen molar-refractivity contribution >= 4 is 9.03 Å². The minimum Gasteiger partial charge on any atom is -0.489 e. The molecule has 0 saturated heterocycles. The van der Waals surface area contributed by atoms with Crippen molar-refractivity contribution in [2.45, 2.75) is 24.7 Å². The van der Waals surface area contributed by atoms with Gasteiger partial charge in [-0.25, -0.2) is 13.5 Å².